The topological polar surface area (TPSA) is 17.1 Å². The maximum Gasteiger partial charge on any atom is 0.160 e. The van der Waals surface area contributed by atoms with Crippen LogP contribution in [-0.2, 0) is 0 Å². The molecule has 1 nitrogen and oxygen atoms in total. The minimum atomic E-state index is 0.535. The van der Waals surface area contributed by atoms with Crippen LogP contribution in [0.1, 0.15) is 39.9 Å². The second-order valence-electron chi connectivity index (χ2n) is 2.97. The van der Waals surface area contributed by atoms with Crippen LogP contribution in [0.3, 0.4) is 0 Å². The lowest BCUT2D eigenvalue weighted by molar-refractivity contribution is 0.112. The van der Waals surface area contributed by atoms with Gasteiger partial charge in [0.2, 0.25) is 0 Å². The van der Waals surface area contributed by atoms with Crippen molar-refractivity contribution in [3.63, 3.8) is 0 Å². The summed E-state index contributed by atoms with van der Waals surface area (Å²) >= 11 is 1.60. The third kappa shape index (κ3) is 1.69. The fourth-order valence-electron chi connectivity index (χ4n) is 0.923. The molecule has 0 aliphatic heterocycles. The Balaban J connectivity index is 3.04. The summed E-state index contributed by atoms with van der Waals surface area (Å²) in [6.07, 6.45) is 0.936. The Labute approximate surface area is 71.1 Å². The predicted octanol–water partition coefficient (Wildman–Crippen LogP) is 2.99. The molecule has 1 heterocycles. The number of carbonyl (C=O) groups excluding carboxylic acids is 1. The fourth-order valence-corrected chi connectivity index (χ4v) is 1.92. The zero-order chi connectivity index (χ0) is 8.43. The lowest BCUT2D eigenvalue weighted by Gasteiger charge is -1.96. The van der Waals surface area contributed by atoms with Gasteiger partial charge in [-0.05, 0) is 24.5 Å². The highest BCUT2D eigenvalue weighted by molar-refractivity contribution is 7.13. The minimum absolute atomic E-state index is 0.535. The van der Waals surface area contributed by atoms with E-state index in [1.165, 1.54) is 4.88 Å². The van der Waals surface area contributed by atoms with Gasteiger partial charge in [-0.3, -0.25) is 4.79 Å². The molecular weight excluding hydrogens is 156 g/mol. The quantitative estimate of drug-likeness (QED) is 0.620. The molecular formula is C9H12OS. The summed E-state index contributed by atoms with van der Waals surface area (Å²) in [6, 6.07) is 2.10. The van der Waals surface area contributed by atoms with E-state index in [2.05, 4.69) is 19.9 Å². The summed E-state index contributed by atoms with van der Waals surface area (Å²) in [4.78, 5) is 12.6. The first kappa shape index (κ1) is 8.47. The van der Waals surface area contributed by atoms with Crippen LogP contribution in [0.25, 0.3) is 0 Å². The van der Waals surface area contributed by atoms with Crippen molar-refractivity contribution in [3.05, 3.63) is 21.4 Å². The molecule has 0 unspecified atom stereocenters. The normalized spacial score (nSPS) is 10.5. The van der Waals surface area contributed by atoms with Crippen LogP contribution >= 0.6 is 11.3 Å². The van der Waals surface area contributed by atoms with Gasteiger partial charge in [0, 0.05) is 4.88 Å². The van der Waals surface area contributed by atoms with Gasteiger partial charge in [-0.25, -0.2) is 0 Å². The number of hydrogen-bond donors (Lipinski definition) is 0. The Kier molecular flexibility index (Phi) is 2.45. The Hall–Kier alpha value is -0.630. The average molecular weight is 168 g/mol. The summed E-state index contributed by atoms with van der Waals surface area (Å²) in [5.41, 5.74) is 1.11. The second kappa shape index (κ2) is 3.18. The van der Waals surface area contributed by atoms with Gasteiger partial charge < -0.3 is 0 Å². The van der Waals surface area contributed by atoms with Gasteiger partial charge in [0.15, 0.2) is 6.29 Å². The van der Waals surface area contributed by atoms with Gasteiger partial charge in [0.05, 0.1) is 4.88 Å². The van der Waals surface area contributed by atoms with E-state index in [0.29, 0.717) is 5.92 Å². The van der Waals surface area contributed by atoms with Crippen molar-refractivity contribution in [1.82, 2.24) is 0 Å². The maximum atomic E-state index is 10.5. The lowest BCUT2D eigenvalue weighted by Crippen LogP contribution is -1.77. The highest BCUT2D eigenvalue weighted by Crippen LogP contribution is 2.26. The van der Waals surface area contributed by atoms with Crippen molar-refractivity contribution < 1.29 is 4.79 Å². The SMILES string of the molecule is Cc1cc(C(C)C)sc1C=O. The van der Waals surface area contributed by atoms with Crippen LogP contribution < -0.4 is 0 Å². The zero-order valence-corrected chi connectivity index (χ0v) is 7.87. The molecule has 0 bridgehead atoms. The molecule has 60 valence electrons. The third-order valence-electron chi connectivity index (χ3n) is 1.65. The molecule has 1 aromatic rings. The molecule has 0 saturated heterocycles. The second-order valence-corrected chi connectivity index (χ2v) is 4.08. The van der Waals surface area contributed by atoms with Crippen molar-refractivity contribution >= 4 is 17.6 Å². The molecule has 11 heavy (non-hydrogen) atoms. The molecule has 2 heteroatoms. The first-order chi connectivity index (χ1) is 5.15. The molecule has 1 rings (SSSR count). The van der Waals surface area contributed by atoms with Crippen LogP contribution in [-0.4, -0.2) is 6.29 Å². The number of thiophene rings is 1. The van der Waals surface area contributed by atoms with Gasteiger partial charge in [-0.15, -0.1) is 11.3 Å². The van der Waals surface area contributed by atoms with E-state index in [1.54, 1.807) is 11.3 Å². The number of hydrogen-bond acceptors (Lipinski definition) is 2. The molecule has 0 radical (unpaired) electrons. The van der Waals surface area contributed by atoms with Crippen molar-refractivity contribution in [1.29, 1.82) is 0 Å². The van der Waals surface area contributed by atoms with E-state index >= 15 is 0 Å². The molecule has 0 fully saturated rings. The Morgan fingerprint density at radius 3 is 2.45 bits per heavy atom. The highest BCUT2D eigenvalue weighted by atomic mass is 32.1. The van der Waals surface area contributed by atoms with Gasteiger partial charge in [-0.1, -0.05) is 13.8 Å². The number of carbonyl (C=O) groups is 1. The Morgan fingerprint density at radius 2 is 2.18 bits per heavy atom. The Morgan fingerprint density at radius 1 is 1.55 bits per heavy atom. The van der Waals surface area contributed by atoms with Crippen LogP contribution in [0, 0.1) is 6.92 Å². The van der Waals surface area contributed by atoms with Gasteiger partial charge >= 0.3 is 0 Å². The molecule has 0 aromatic carbocycles. The van der Waals surface area contributed by atoms with Gasteiger partial charge in [0.25, 0.3) is 0 Å². The smallest absolute Gasteiger partial charge is 0.160 e. The van der Waals surface area contributed by atoms with E-state index < -0.39 is 0 Å². The van der Waals surface area contributed by atoms with E-state index in [-0.39, 0.29) is 0 Å². The van der Waals surface area contributed by atoms with Crippen LogP contribution in [0.2, 0.25) is 0 Å². The molecule has 0 atom stereocenters. The first-order valence-electron chi connectivity index (χ1n) is 3.70. The summed E-state index contributed by atoms with van der Waals surface area (Å²) in [5, 5.41) is 0. The molecule has 0 amide bonds. The molecule has 1 aromatic heterocycles. The van der Waals surface area contributed by atoms with Crippen molar-refractivity contribution in [2.24, 2.45) is 0 Å². The number of rotatable bonds is 2. The van der Waals surface area contributed by atoms with Crippen molar-refractivity contribution in [2.75, 3.05) is 0 Å². The third-order valence-corrected chi connectivity index (χ3v) is 3.11. The molecule has 0 aliphatic rings. The summed E-state index contributed by atoms with van der Waals surface area (Å²) < 4.78 is 0. The Bertz CT molecular complexity index is 261. The average Bonchev–Trinajstić information content (AvgIpc) is 2.31. The zero-order valence-electron chi connectivity index (χ0n) is 7.05. The van der Waals surface area contributed by atoms with Crippen LogP contribution in [0.15, 0.2) is 6.07 Å². The van der Waals surface area contributed by atoms with E-state index in [1.807, 2.05) is 6.92 Å². The molecule has 0 spiro atoms. The highest BCUT2D eigenvalue weighted by Gasteiger charge is 2.06. The van der Waals surface area contributed by atoms with E-state index in [0.717, 1.165) is 16.7 Å². The van der Waals surface area contributed by atoms with Crippen molar-refractivity contribution in [2.45, 2.75) is 26.7 Å². The number of aryl methyl sites for hydroxylation is 1. The summed E-state index contributed by atoms with van der Waals surface area (Å²) in [6.45, 7) is 6.26. The van der Waals surface area contributed by atoms with E-state index in [4.69, 9.17) is 0 Å². The van der Waals surface area contributed by atoms with Gasteiger partial charge in [-0.2, -0.15) is 0 Å². The molecule has 0 aliphatic carbocycles. The lowest BCUT2D eigenvalue weighted by atomic mass is 10.1. The minimum Gasteiger partial charge on any atom is -0.297 e. The van der Waals surface area contributed by atoms with Crippen LogP contribution in [0.4, 0.5) is 0 Å². The standard InChI is InChI=1S/C9H12OS/c1-6(2)8-4-7(3)9(5-10)11-8/h4-6H,1-3H3. The van der Waals surface area contributed by atoms with E-state index in [9.17, 15) is 4.79 Å². The van der Waals surface area contributed by atoms with Crippen molar-refractivity contribution in [3.8, 4) is 0 Å². The fraction of sp³-hybridized carbons (Fsp3) is 0.444. The van der Waals surface area contributed by atoms with Gasteiger partial charge in [0.1, 0.15) is 0 Å². The summed E-state index contributed by atoms with van der Waals surface area (Å²) in [5.74, 6) is 0.535. The predicted molar refractivity (Wildman–Crippen MR) is 48.5 cm³/mol. The number of aldehydes is 1. The molecule has 0 N–H and O–H groups in total. The largest absolute Gasteiger partial charge is 0.297 e. The monoisotopic (exact) mass is 168 g/mol. The maximum absolute atomic E-state index is 10.5. The first-order valence-corrected chi connectivity index (χ1v) is 4.52. The summed E-state index contributed by atoms with van der Waals surface area (Å²) in [7, 11) is 0. The van der Waals surface area contributed by atoms with Crippen LogP contribution in [0.5, 0.6) is 0 Å². The molecule has 0 saturated carbocycles.